The molecule has 0 spiro atoms. The molecule has 1 aromatic carbocycles. The Balaban J connectivity index is 2.04. The number of hydrogen-bond acceptors (Lipinski definition) is 2. The van der Waals surface area contributed by atoms with Gasteiger partial charge in [-0.15, -0.1) is 0 Å². The largest absolute Gasteiger partial charge is 0.368 e. The van der Waals surface area contributed by atoms with Crippen LogP contribution in [0.25, 0.3) is 0 Å². The van der Waals surface area contributed by atoms with Crippen LogP contribution >= 0.6 is 0 Å². The molecule has 0 aliphatic heterocycles. The topological polar surface area (TPSA) is 72.2 Å². The van der Waals surface area contributed by atoms with E-state index in [1.54, 1.807) is 0 Å². The van der Waals surface area contributed by atoms with E-state index in [0.29, 0.717) is 5.56 Å². The average Bonchev–Trinajstić information content (AvgIpc) is 2.45. The van der Waals surface area contributed by atoms with Gasteiger partial charge in [0, 0.05) is 18.8 Å². The molecule has 1 saturated carbocycles. The van der Waals surface area contributed by atoms with Crippen molar-refractivity contribution >= 4 is 11.8 Å². The third-order valence-electron chi connectivity index (χ3n) is 3.86. The third kappa shape index (κ3) is 3.99. The fourth-order valence-electron chi connectivity index (χ4n) is 2.54. The smallest absolute Gasteiger partial charge is 0.248 e. The fourth-order valence-corrected chi connectivity index (χ4v) is 2.54. The summed E-state index contributed by atoms with van der Waals surface area (Å²) in [6.45, 7) is 0. The first-order valence-electron chi connectivity index (χ1n) is 7.01. The number of amides is 2. The third-order valence-corrected chi connectivity index (χ3v) is 3.86. The van der Waals surface area contributed by atoms with E-state index in [2.05, 4.69) is 5.32 Å². The number of carbonyl (C=O) groups excluding carboxylic acids is 2. The maximum absolute atomic E-state index is 13.1. The van der Waals surface area contributed by atoms with Crippen molar-refractivity contribution in [2.75, 3.05) is 0 Å². The number of primary amides is 1. The standard InChI is InChI=1S/C15H17F3N2O2/c16-11-3-1-9(2-4-11)12(13(19)21)20-14(22)10-5-7-15(17,18)8-6-10/h1-4,10,12H,5-8H2,(H2,19,21)(H,20,22). The molecule has 3 N–H and O–H groups in total. The van der Waals surface area contributed by atoms with Crippen LogP contribution in [0.2, 0.25) is 0 Å². The lowest BCUT2D eigenvalue weighted by Crippen LogP contribution is -2.42. The highest BCUT2D eigenvalue weighted by molar-refractivity contribution is 5.88. The highest BCUT2D eigenvalue weighted by Crippen LogP contribution is 2.36. The van der Waals surface area contributed by atoms with Gasteiger partial charge in [0.2, 0.25) is 17.7 Å². The molecule has 0 saturated heterocycles. The summed E-state index contributed by atoms with van der Waals surface area (Å²) in [6.07, 6.45) is -0.562. The van der Waals surface area contributed by atoms with Gasteiger partial charge in [0.15, 0.2) is 0 Å². The number of carbonyl (C=O) groups is 2. The molecular weight excluding hydrogens is 297 g/mol. The van der Waals surface area contributed by atoms with Gasteiger partial charge in [-0.3, -0.25) is 9.59 Å². The number of rotatable bonds is 4. The van der Waals surface area contributed by atoms with E-state index in [1.807, 2.05) is 0 Å². The summed E-state index contributed by atoms with van der Waals surface area (Å²) in [5, 5.41) is 2.47. The minimum atomic E-state index is -2.73. The normalized spacial score (nSPS) is 19.4. The second kappa shape index (κ2) is 6.37. The van der Waals surface area contributed by atoms with Crippen molar-refractivity contribution in [2.24, 2.45) is 11.7 Å². The summed E-state index contributed by atoms with van der Waals surface area (Å²) in [5.41, 5.74) is 5.61. The summed E-state index contributed by atoms with van der Waals surface area (Å²) in [6, 6.07) is 3.90. The van der Waals surface area contributed by atoms with Gasteiger partial charge in [0.25, 0.3) is 0 Å². The Morgan fingerprint density at radius 2 is 1.73 bits per heavy atom. The predicted octanol–water partition coefficient (Wildman–Crippen LogP) is 2.29. The Morgan fingerprint density at radius 1 is 1.18 bits per heavy atom. The van der Waals surface area contributed by atoms with E-state index in [4.69, 9.17) is 5.73 Å². The van der Waals surface area contributed by atoms with Crippen LogP contribution in [0, 0.1) is 11.7 Å². The predicted molar refractivity (Wildman–Crippen MR) is 73.4 cm³/mol. The number of benzene rings is 1. The molecule has 1 aliphatic rings. The van der Waals surface area contributed by atoms with Crippen LogP contribution in [0.3, 0.4) is 0 Å². The van der Waals surface area contributed by atoms with Crippen LogP contribution in [0.1, 0.15) is 37.3 Å². The second-order valence-corrected chi connectivity index (χ2v) is 5.53. The van der Waals surface area contributed by atoms with Crippen LogP contribution in [-0.2, 0) is 9.59 Å². The maximum atomic E-state index is 13.1. The molecule has 0 bridgehead atoms. The van der Waals surface area contributed by atoms with Gasteiger partial charge in [-0.05, 0) is 30.5 Å². The first-order chi connectivity index (χ1) is 10.3. The Kier molecular flexibility index (Phi) is 4.73. The lowest BCUT2D eigenvalue weighted by Gasteiger charge is -2.28. The molecular formula is C15H17F3N2O2. The zero-order chi connectivity index (χ0) is 16.3. The van der Waals surface area contributed by atoms with Gasteiger partial charge in [0.1, 0.15) is 11.9 Å². The average molecular weight is 314 g/mol. The molecule has 1 fully saturated rings. The fraction of sp³-hybridized carbons (Fsp3) is 0.467. The Hall–Kier alpha value is -2.05. The zero-order valence-corrected chi connectivity index (χ0v) is 11.8. The zero-order valence-electron chi connectivity index (χ0n) is 11.8. The van der Waals surface area contributed by atoms with Crippen LogP contribution in [-0.4, -0.2) is 17.7 Å². The van der Waals surface area contributed by atoms with Crippen LogP contribution in [0.4, 0.5) is 13.2 Å². The van der Waals surface area contributed by atoms with Gasteiger partial charge < -0.3 is 11.1 Å². The highest BCUT2D eigenvalue weighted by atomic mass is 19.3. The Bertz CT molecular complexity index is 550. The minimum absolute atomic E-state index is 0.0632. The number of nitrogens with two attached hydrogens (primary N) is 1. The monoisotopic (exact) mass is 314 g/mol. The SMILES string of the molecule is NC(=O)C(NC(=O)C1CCC(F)(F)CC1)c1ccc(F)cc1. The van der Waals surface area contributed by atoms with Gasteiger partial charge in [0.05, 0.1) is 0 Å². The summed E-state index contributed by atoms with van der Waals surface area (Å²) in [4.78, 5) is 23.6. The molecule has 4 nitrogen and oxygen atoms in total. The van der Waals surface area contributed by atoms with Crippen molar-refractivity contribution in [3.63, 3.8) is 0 Å². The first kappa shape index (κ1) is 16.3. The summed E-state index contributed by atoms with van der Waals surface area (Å²) in [5.74, 6) is -5.05. The number of nitrogens with one attached hydrogen (secondary N) is 1. The van der Waals surface area contributed by atoms with Crippen molar-refractivity contribution in [2.45, 2.75) is 37.6 Å². The van der Waals surface area contributed by atoms with Crippen LogP contribution < -0.4 is 11.1 Å². The van der Waals surface area contributed by atoms with Gasteiger partial charge in [-0.2, -0.15) is 0 Å². The molecule has 120 valence electrons. The van der Waals surface area contributed by atoms with Crippen LogP contribution in [0.15, 0.2) is 24.3 Å². The van der Waals surface area contributed by atoms with Gasteiger partial charge >= 0.3 is 0 Å². The number of alkyl halides is 2. The van der Waals surface area contributed by atoms with E-state index < -0.39 is 35.5 Å². The van der Waals surface area contributed by atoms with E-state index in [-0.39, 0.29) is 25.7 Å². The lowest BCUT2D eigenvalue weighted by atomic mass is 9.86. The van der Waals surface area contributed by atoms with E-state index in [9.17, 15) is 22.8 Å². The van der Waals surface area contributed by atoms with Gasteiger partial charge in [-0.25, -0.2) is 13.2 Å². The summed E-state index contributed by atoms with van der Waals surface area (Å²) >= 11 is 0. The summed E-state index contributed by atoms with van der Waals surface area (Å²) < 4.78 is 39.1. The minimum Gasteiger partial charge on any atom is -0.368 e. The molecule has 22 heavy (non-hydrogen) atoms. The lowest BCUT2D eigenvalue weighted by molar-refractivity contribution is -0.133. The molecule has 1 unspecified atom stereocenters. The molecule has 0 radical (unpaired) electrons. The first-order valence-corrected chi connectivity index (χ1v) is 7.01. The van der Waals surface area contributed by atoms with Crippen molar-refractivity contribution in [1.29, 1.82) is 0 Å². The molecule has 1 aliphatic carbocycles. The highest BCUT2D eigenvalue weighted by Gasteiger charge is 2.38. The molecule has 0 heterocycles. The molecule has 0 aromatic heterocycles. The number of halogens is 3. The molecule has 1 atom stereocenters. The van der Waals surface area contributed by atoms with E-state index in [1.165, 1.54) is 12.1 Å². The Labute approximate surface area is 125 Å². The van der Waals surface area contributed by atoms with Crippen LogP contribution in [0.5, 0.6) is 0 Å². The van der Waals surface area contributed by atoms with Crippen molar-refractivity contribution in [1.82, 2.24) is 5.32 Å². The van der Waals surface area contributed by atoms with Crippen molar-refractivity contribution in [3.05, 3.63) is 35.6 Å². The Morgan fingerprint density at radius 3 is 2.23 bits per heavy atom. The maximum Gasteiger partial charge on any atom is 0.248 e. The quantitative estimate of drug-likeness (QED) is 0.895. The summed E-state index contributed by atoms with van der Waals surface area (Å²) in [7, 11) is 0. The van der Waals surface area contributed by atoms with E-state index in [0.717, 1.165) is 12.1 Å². The molecule has 1 aromatic rings. The second-order valence-electron chi connectivity index (χ2n) is 5.53. The van der Waals surface area contributed by atoms with Crippen molar-refractivity contribution < 1.29 is 22.8 Å². The van der Waals surface area contributed by atoms with Gasteiger partial charge in [-0.1, -0.05) is 12.1 Å². The number of hydrogen-bond donors (Lipinski definition) is 2. The van der Waals surface area contributed by atoms with Crippen molar-refractivity contribution in [3.8, 4) is 0 Å². The molecule has 7 heteroatoms. The van der Waals surface area contributed by atoms with E-state index >= 15 is 0 Å². The molecule has 2 amide bonds. The molecule has 2 rings (SSSR count).